The van der Waals surface area contributed by atoms with E-state index in [1.54, 1.807) is 0 Å². The van der Waals surface area contributed by atoms with Gasteiger partial charge in [-0.1, -0.05) is 220 Å². The molecule has 1 heterocycles. The van der Waals surface area contributed by atoms with Crippen molar-refractivity contribution in [2.45, 2.75) is 297 Å². The molecule has 1 fully saturated rings. The van der Waals surface area contributed by atoms with Gasteiger partial charge in [-0.05, 0) is 90.8 Å². The van der Waals surface area contributed by atoms with Gasteiger partial charge in [0.25, 0.3) is 0 Å². The summed E-state index contributed by atoms with van der Waals surface area (Å²) < 4.78 is 17.0. The molecule has 2 unspecified atom stereocenters. The van der Waals surface area contributed by atoms with Crippen LogP contribution in [0.5, 0.6) is 0 Å². The number of aliphatic hydroxyl groups is 1. The Labute approximate surface area is 409 Å². The maximum atomic E-state index is 12.6. The number of ether oxygens (including phenoxy) is 3. The van der Waals surface area contributed by atoms with E-state index in [0.29, 0.717) is 26.2 Å². The Balaban J connectivity index is 2.27. The van der Waals surface area contributed by atoms with E-state index in [2.05, 4.69) is 25.8 Å². The lowest BCUT2D eigenvalue weighted by atomic mass is 9.85. The molecule has 0 saturated carbocycles. The first kappa shape index (κ1) is 62.3. The van der Waals surface area contributed by atoms with E-state index < -0.39 is 5.60 Å². The van der Waals surface area contributed by atoms with E-state index in [9.17, 15) is 19.5 Å². The van der Waals surface area contributed by atoms with Gasteiger partial charge >= 0.3 is 17.9 Å². The SMILES string of the molecule is CCCCCCCCCCCCCCC(C)C(=O)OCCCCCCC(O)(CCCCCCOC(=O)C(C)CCCCCCCCCCCCCC)CCCCOC(=O)C1CCN(C)CC1. The van der Waals surface area contributed by atoms with Crippen molar-refractivity contribution in [2.24, 2.45) is 17.8 Å². The van der Waals surface area contributed by atoms with Crippen LogP contribution in [0.4, 0.5) is 0 Å². The monoisotopic (exact) mass is 934 g/mol. The number of carbonyl (C=O) groups is 3. The largest absolute Gasteiger partial charge is 0.465 e. The van der Waals surface area contributed by atoms with Crippen molar-refractivity contribution in [2.75, 3.05) is 40.0 Å². The Morgan fingerprint density at radius 2 is 0.742 bits per heavy atom. The molecule has 8 nitrogen and oxygen atoms in total. The predicted octanol–water partition coefficient (Wildman–Crippen LogP) is 16.2. The van der Waals surface area contributed by atoms with Crippen LogP contribution >= 0.6 is 0 Å². The summed E-state index contributed by atoms with van der Waals surface area (Å²) in [5, 5.41) is 11.8. The van der Waals surface area contributed by atoms with Crippen molar-refractivity contribution >= 4 is 17.9 Å². The van der Waals surface area contributed by atoms with Crippen LogP contribution in [0, 0.1) is 17.8 Å². The molecule has 390 valence electrons. The van der Waals surface area contributed by atoms with Crippen LogP contribution in [0.25, 0.3) is 0 Å². The Morgan fingerprint density at radius 1 is 0.455 bits per heavy atom. The molecule has 0 aliphatic carbocycles. The molecule has 1 N–H and O–H groups in total. The minimum atomic E-state index is -0.733. The third-order valence-corrected chi connectivity index (χ3v) is 14.7. The highest BCUT2D eigenvalue weighted by Gasteiger charge is 2.27. The maximum Gasteiger partial charge on any atom is 0.309 e. The number of hydrogen-bond donors (Lipinski definition) is 1. The Kier molecular flexibility index (Phi) is 42.1. The van der Waals surface area contributed by atoms with Gasteiger partial charge in [-0.2, -0.15) is 0 Å². The van der Waals surface area contributed by atoms with Gasteiger partial charge < -0.3 is 24.2 Å². The minimum Gasteiger partial charge on any atom is -0.465 e. The van der Waals surface area contributed by atoms with E-state index in [1.165, 1.54) is 141 Å². The van der Waals surface area contributed by atoms with Crippen molar-refractivity contribution in [3.63, 3.8) is 0 Å². The van der Waals surface area contributed by atoms with Gasteiger partial charge in [0.05, 0.1) is 43.2 Å². The summed E-state index contributed by atoms with van der Waals surface area (Å²) in [6.45, 7) is 11.9. The highest BCUT2D eigenvalue weighted by atomic mass is 16.5. The number of carbonyl (C=O) groups excluding carboxylic acids is 3. The van der Waals surface area contributed by atoms with Crippen molar-refractivity contribution < 1.29 is 33.7 Å². The molecular weight excluding hydrogens is 823 g/mol. The molecule has 0 aromatic rings. The zero-order valence-electron chi connectivity index (χ0n) is 44.6. The number of likely N-dealkylation sites (tertiary alicyclic amines) is 1. The topological polar surface area (TPSA) is 102 Å². The maximum absolute atomic E-state index is 12.6. The van der Waals surface area contributed by atoms with Gasteiger partial charge in [-0.15, -0.1) is 0 Å². The second-order valence-electron chi connectivity index (χ2n) is 21.2. The smallest absolute Gasteiger partial charge is 0.309 e. The average molecular weight is 935 g/mol. The van der Waals surface area contributed by atoms with E-state index in [-0.39, 0.29) is 35.7 Å². The van der Waals surface area contributed by atoms with Crippen molar-refractivity contribution in [3.05, 3.63) is 0 Å². The molecule has 0 aromatic heterocycles. The molecule has 1 rings (SSSR count). The minimum absolute atomic E-state index is 0.0186. The first-order valence-electron chi connectivity index (χ1n) is 29.0. The highest BCUT2D eigenvalue weighted by Crippen LogP contribution is 2.29. The molecule has 0 aromatic carbocycles. The summed E-state index contributed by atoms with van der Waals surface area (Å²) in [6, 6.07) is 0. The quantitative estimate of drug-likeness (QED) is 0.0366. The van der Waals surface area contributed by atoms with Crippen LogP contribution < -0.4 is 0 Å². The summed E-state index contributed by atoms with van der Waals surface area (Å²) in [4.78, 5) is 40.1. The van der Waals surface area contributed by atoms with E-state index in [0.717, 1.165) is 129 Å². The summed E-state index contributed by atoms with van der Waals surface area (Å²) in [6.07, 6.45) is 46.8. The van der Waals surface area contributed by atoms with Gasteiger partial charge in [0.15, 0.2) is 0 Å². The van der Waals surface area contributed by atoms with Crippen LogP contribution in [-0.4, -0.2) is 73.5 Å². The number of hydrogen-bond acceptors (Lipinski definition) is 8. The molecule has 66 heavy (non-hydrogen) atoms. The standard InChI is InChI=1S/C58H111NO7/c1-6-8-10-12-14-16-18-20-22-24-26-32-40-52(3)55(60)64-49-37-30-28-34-44-58(63,46-36-39-51-66-57(62)54-42-47-59(5)48-43-54)45-35-29-31-38-50-65-56(61)53(4)41-33-27-25-23-21-19-17-15-13-11-9-7-2/h52-54,63H,6-51H2,1-5H3. The number of esters is 3. The lowest BCUT2D eigenvalue weighted by Gasteiger charge is -2.29. The van der Waals surface area contributed by atoms with Crippen LogP contribution in [0.2, 0.25) is 0 Å². The summed E-state index contributed by atoms with van der Waals surface area (Å²) in [5.74, 6) is -0.204. The Hall–Kier alpha value is -1.67. The third-order valence-electron chi connectivity index (χ3n) is 14.7. The molecular formula is C58H111NO7. The molecule has 0 amide bonds. The number of nitrogens with zero attached hydrogens (tertiary/aromatic N) is 1. The van der Waals surface area contributed by atoms with Gasteiger partial charge in [0.1, 0.15) is 0 Å². The highest BCUT2D eigenvalue weighted by molar-refractivity contribution is 5.73. The zero-order chi connectivity index (χ0) is 48.2. The molecule has 2 atom stereocenters. The first-order valence-corrected chi connectivity index (χ1v) is 29.0. The van der Waals surface area contributed by atoms with Crippen LogP contribution in [-0.2, 0) is 28.6 Å². The molecule has 0 spiro atoms. The molecule has 8 heteroatoms. The van der Waals surface area contributed by atoms with Gasteiger partial charge in [-0.25, -0.2) is 0 Å². The zero-order valence-corrected chi connectivity index (χ0v) is 44.6. The fraction of sp³-hybridized carbons (Fsp3) is 0.948. The summed E-state index contributed by atoms with van der Waals surface area (Å²) in [7, 11) is 2.10. The van der Waals surface area contributed by atoms with E-state index in [4.69, 9.17) is 14.2 Å². The normalized spacial score (nSPS) is 15.4. The van der Waals surface area contributed by atoms with Crippen molar-refractivity contribution in [3.8, 4) is 0 Å². The van der Waals surface area contributed by atoms with Crippen LogP contribution in [0.1, 0.15) is 291 Å². The molecule has 0 radical (unpaired) electrons. The van der Waals surface area contributed by atoms with E-state index >= 15 is 0 Å². The number of unbranched alkanes of at least 4 members (excludes halogenated alkanes) is 29. The average Bonchev–Trinajstić information content (AvgIpc) is 3.31. The van der Waals surface area contributed by atoms with Crippen LogP contribution in [0.3, 0.4) is 0 Å². The molecule has 0 bridgehead atoms. The number of piperidine rings is 1. The van der Waals surface area contributed by atoms with E-state index in [1.807, 2.05) is 13.8 Å². The third kappa shape index (κ3) is 37.3. The van der Waals surface area contributed by atoms with Crippen molar-refractivity contribution in [1.82, 2.24) is 4.90 Å². The fourth-order valence-electron chi connectivity index (χ4n) is 9.73. The van der Waals surface area contributed by atoms with Gasteiger partial charge in [-0.3, -0.25) is 14.4 Å². The van der Waals surface area contributed by atoms with Gasteiger partial charge in [0, 0.05) is 0 Å². The fourth-order valence-corrected chi connectivity index (χ4v) is 9.73. The molecule has 1 saturated heterocycles. The second kappa shape index (κ2) is 44.5. The van der Waals surface area contributed by atoms with Crippen LogP contribution in [0.15, 0.2) is 0 Å². The Morgan fingerprint density at radius 3 is 1.12 bits per heavy atom. The number of rotatable bonds is 48. The Bertz CT molecular complexity index is 1050. The predicted molar refractivity (Wildman–Crippen MR) is 278 cm³/mol. The summed E-state index contributed by atoms with van der Waals surface area (Å²) >= 11 is 0. The second-order valence-corrected chi connectivity index (χ2v) is 21.2. The lowest BCUT2D eigenvalue weighted by molar-refractivity contribution is -0.150. The van der Waals surface area contributed by atoms with Crippen molar-refractivity contribution in [1.29, 1.82) is 0 Å². The van der Waals surface area contributed by atoms with Gasteiger partial charge in [0.2, 0.25) is 0 Å². The first-order chi connectivity index (χ1) is 32.1. The molecule has 1 aliphatic rings. The lowest BCUT2D eigenvalue weighted by Crippen LogP contribution is -2.34. The molecule has 1 aliphatic heterocycles. The summed E-state index contributed by atoms with van der Waals surface area (Å²) in [5.41, 5.74) is -0.733.